The molecule has 5 heteroatoms. The number of ether oxygens (including phenoxy) is 1. The summed E-state index contributed by atoms with van der Waals surface area (Å²) in [5.74, 6) is 0.523. The molecule has 0 fully saturated rings. The van der Waals surface area contributed by atoms with Crippen LogP contribution in [-0.2, 0) is 11.3 Å². The number of hydrogen-bond donors (Lipinski definition) is 1. The maximum Gasteiger partial charge on any atom is 0.262 e. The maximum atomic E-state index is 12.3. The first kappa shape index (κ1) is 17.7. The third kappa shape index (κ3) is 4.11. The van der Waals surface area contributed by atoms with Crippen molar-refractivity contribution in [3.8, 4) is 5.75 Å². The van der Waals surface area contributed by atoms with E-state index >= 15 is 0 Å². The maximum absolute atomic E-state index is 12.3. The molecule has 0 aliphatic rings. The molecule has 0 aliphatic heterocycles. The molecule has 0 unspecified atom stereocenters. The van der Waals surface area contributed by atoms with Crippen molar-refractivity contribution in [1.82, 2.24) is 9.78 Å². The molecule has 5 nitrogen and oxygen atoms in total. The van der Waals surface area contributed by atoms with Crippen molar-refractivity contribution in [3.63, 3.8) is 0 Å². The minimum absolute atomic E-state index is 0.0341. The van der Waals surface area contributed by atoms with Gasteiger partial charge in [0.1, 0.15) is 5.75 Å². The minimum Gasteiger partial charge on any atom is -0.483 e. The smallest absolute Gasteiger partial charge is 0.262 e. The summed E-state index contributed by atoms with van der Waals surface area (Å²) in [5, 5.41) is 7.48. The van der Waals surface area contributed by atoms with E-state index in [0.29, 0.717) is 6.54 Å². The van der Waals surface area contributed by atoms with E-state index in [4.69, 9.17) is 4.74 Å². The average Bonchev–Trinajstić information content (AvgIpc) is 2.89. The van der Waals surface area contributed by atoms with Gasteiger partial charge in [0.05, 0.1) is 23.6 Å². The quantitative estimate of drug-likeness (QED) is 0.735. The largest absolute Gasteiger partial charge is 0.483 e. The number of carbonyl (C=O) groups is 1. The van der Waals surface area contributed by atoms with E-state index in [1.165, 1.54) is 5.56 Å². The number of benzene rings is 2. The molecule has 1 amide bonds. The Morgan fingerprint density at radius 2 is 1.73 bits per heavy atom. The van der Waals surface area contributed by atoms with Gasteiger partial charge in [-0.25, -0.2) is 0 Å². The Morgan fingerprint density at radius 1 is 1.04 bits per heavy atom. The number of anilines is 1. The molecule has 0 saturated heterocycles. The Bertz CT molecular complexity index is 901. The van der Waals surface area contributed by atoms with Crippen LogP contribution in [0.1, 0.15) is 22.5 Å². The van der Waals surface area contributed by atoms with E-state index in [1.807, 2.05) is 67.9 Å². The molecule has 0 bridgehead atoms. The van der Waals surface area contributed by atoms with Gasteiger partial charge >= 0.3 is 0 Å². The fourth-order valence-corrected chi connectivity index (χ4v) is 2.83. The lowest BCUT2D eigenvalue weighted by atomic mass is 10.2. The number of nitrogens with one attached hydrogen (secondary N) is 1. The Morgan fingerprint density at radius 3 is 2.46 bits per heavy atom. The minimum atomic E-state index is -0.196. The second kappa shape index (κ2) is 7.87. The summed E-state index contributed by atoms with van der Waals surface area (Å²) in [7, 11) is 0. The zero-order valence-electron chi connectivity index (χ0n) is 15.3. The van der Waals surface area contributed by atoms with Crippen LogP contribution >= 0.6 is 0 Å². The lowest BCUT2D eigenvalue weighted by molar-refractivity contribution is -0.118. The fraction of sp³-hybridized carbons (Fsp3) is 0.238. The first-order valence-corrected chi connectivity index (χ1v) is 8.61. The van der Waals surface area contributed by atoms with Crippen LogP contribution in [-0.4, -0.2) is 22.3 Å². The zero-order valence-corrected chi connectivity index (χ0v) is 15.3. The second-order valence-corrected chi connectivity index (χ2v) is 6.29. The van der Waals surface area contributed by atoms with Crippen molar-refractivity contribution < 1.29 is 9.53 Å². The normalized spacial score (nSPS) is 10.6. The van der Waals surface area contributed by atoms with Gasteiger partial charge in [-0.1, -0.05) is 48.5 Å². The number of amides is 1. The summed E-state index contributed by atoms with van der Waals surface area (Å²) in [5.41, 5.74) is 4.64. The van der Waals surface area contributed by atoms with E-state index in [9.17, 15) is 4.79 Å². The van der Waals surface area contributed by atoms with Gasteiger partial charge in [0.15, 0.2) is 6.61 Å². The molecular weight excluding hydrogens is 326 g/mol. The van der Waals surface area contributed by atoms with Crippen molar-refractivity contribution in [3.05, 3.63) is 77.1 Å². The summed E-state index contributed by atoms with van der Waals surface area (Å²) < 4.78 is 7.52. The van der Waals surface area contributed by atoms with E-state index in [0.717, 1.165) is 28.4 Å². The topological polar surface area (TPSA) is 56.1 Å². The van der Waals surface area contributed by atoms with Gasteiger partial charge in [-0.05, 0) is 38.0 Å². The van der Waals surface area contributed by atoms with E-state index in [2.05, 4.69) is 22.5 Å². The predicted molar refractivity (Wildman–Crippen MR) is 103 cm³/mol. The SMILES string of the molecule is Cc1ccccc1OCC(=O)Nc1c(C)nn(Cc2ccccc2)c1C. The van der Waals surface area contributed by atoms with Crippen molar-refractivity contribution in [2.75, 3.05) is 11.9 Å². The van der Waals surface area contributed by atoms with Crippen LogP contribution < -0.4 is 10.1 Å². The number of aryl methyl sites for hydroxylation is 2. The summed E-state index contributed by atoms with van der Waals surface area (Å²) in [6.45, 7) is 6.44. The van der Waals surface area contributed by atoms with Gasteiger partial charge < -0.3 is 10.1 Å². The molecule has 0 saturated carbocycles. The summed E-state index contributed by atoms with van der Waals surface area (Å²) in [4.78, 5) is 12.3. The molecule has 3 aromatic rings. The molecule has 2 aromatic carbocycles. The fourth-order valence-electron chi connectivity index (χ4n) is 2.83. The van der Waals surface area contributed by atoms with Crippen molar-refractivity contribution in [1.29, 1.82) is 0 Å². The molecule has 1 heterocycles. The Hall–Kier alpha value is -3.08. The van der Waals surface area contributed by atoms with E-state index < -0.39 is 0 Å². The molecule has 1 N–H and O–H groups in total. The number of para-hydroxylation sites is 1. The van der Waals surface area contributed by atoms with Crippen LogP contribution in [0, 0.1) is 20.8 Å². The number of nitrogens with zero attached hydrogens (tertiary/aromatic N) is 2. The second-order valence-electron chi connectivity index (χ2n) is 6.29. The zero-order chi connectivity index (χ0) is 18.5. The lowest BCUT2D eigenvalue weighted by Gasteiger charge is -2.10. The molecule has 1 aromatic heterocycles. The van der Waals surface area contributed by atoms with Crippen LogP contribution in [0.15, 0.2) is 54.6 Å². The van der Waals surface area contributed by atoms with Crippen LogP contribution in [0.2, 0.25) is 0 Å². The third-order valence-corrected chi connectivity index (χ3v) is 4.27. The molecule has 0 radical (unpaired) electrons. The Kier molecular flexibility index (Phi) is 5.37. The molecule has 26 heavy (non-hydrogen) atoms. The summed E-state index contributed by atoms with van der Waals surface area (Å²) >= 11 is 0. The van der Waals surface area contributed by atoms with Gasteiger partial charge in [-0.15, -0.1) is 0 Å². The number of hydrogen-bond acceptors (Lipinski definition) is 3. The van der Waals surface area contributed by atoms with Gasteiger partial charge in [-0.2, -0.15) is 5.10 Å². The molecular formula is C21H23N3O2. The third-order valence-electron chi connectivity index (χ3n) is 4.27. The first-order chi connectivity index (χ1) is 12.5. The summed E-state index contributed by atoms with van der Waals surface area (Å²) in [6, 6.07) is 17.8. The lowest BCUT2D eigenvalue weighted by Crippen LogP contribution is -2.21. The van der Waals surface area contributed by atoms with Crippen LogP contribution in [0.25, 0.3) is 0 Å². The first-order valence-electron chi connectivity index (χ1n) is 8.61. The average molecular weight is 349 g/mol. The molecule has 0 atom stereocenters. The highest BCUT2D eigenvalue weighted by molar-refractivity contribution is 5.93. The number of aromatic nitrogens is 2. The van der Waals surface area contributed by atoms with Crippen LogP contribution in [0.4, 0.5) is 5.69 Å². The van der Waals surface area contributed by atoms with Gasteiger partial charge in [0, 0.05) is 0 Å². The van der Waals surface area contributed by atoms with Gasteiger partial charge in [0.25, 0.3) is 5.91 Å². The highest BCUT2D eigenvalue weighted by Crippen LogP contribution is 2.21. The highest BCUT2D eigenvalue weighted by Gasteiger charge is 2.15. The van der Waals surface area contributed by atoms with Crippen LogP contribution in [0.5, 0.6) is 5.75 Å². The number of carbonyl (C=O) groups excluding carboxylic acids is 1. The standard InChI is InChI=1S/C21H23N3O2/c1-15-9-7-8-12-19(15)26-14-20(25)22-21-16(2)23-24(17(21)3)13-18-10-5-4-6-11-18/h4-12H,13-14H2,1-3H3,(H,22,25). The van der Waals surface area contributed by atoms with Crippen molar-refractivity contribution >= 4 is 11.6 Å². The summed E-state index contributed by atoms with van der Waals surface area (Å²) in [6.07, 6.45) is 0. The molecule has 0 aliphatic carbocycles. The van der Waals surface area contributed by atoms with Crippen molar-refractivity contribution in [2.24, 2.45) is 0 Å². The molecule has 0 spiro atoms. The highest BCUT2D eigenvalue weighted by atomic mass is 16.5. The van der Waals surface area contributed by atoms with E-state index in [-0.39, 0.29) is 12.5 Å². The molecule has 134 valence electrons. The Balaban J connectivity index is 1.66. The number of rotatable bonds is 6. The van der Waals surface area contributed by atoms with Crippen LogP contribution in [0.3, 0.4) is 0 Å². The van der Waals surface area contributed by atoms with E-state index in [1.54, 1.807) is 0 Å². The van der Waals surface area contributed by atoms with Gasteiger partial charge in [0.2, 0.25) is 0 Å². The van der Waals surface area contributed by atoms with Gasteiger partial charge in [-0.3, -0.25) is 9.48 Å². The molecule has 3 rings (SSSR count). The van der Waals surface area contributed by atoms with Crippen molar-refractivity contribution in [2.45, 2.75) is 27.3 Å². The predicted octanol–water partition coefficient (Wildman–Crippen LogP) is 3.87. The monoisotopic (exact) mass is 349 g/mol. The Labute approximate surface area is 153 Å².